The maximum absolute atomic E-state index is 13.5. The molecule has 4 heterocycles. The number of amides is 3. The molecule has 0 radical (unpaired) electrons. The van der Waals surface area contributed by atoms with Crippen molar-refractivity contribution in [2.45, 2.75) is 102 Å². The Kier molecular flexibility index (Phi) is 16.5. The Balaban J connectivity index is 0.797. The van der Waals surface area contributed by atoms with Crippen LogP contribution in [0.5, 0.6) is 11.5 Å². The molecule has 2 saturated heterocycles. The number of piperidine rings is 1. The van der Waals surface area contributed by atoms with E-state index in [1.807, 2.05) is 15.2 Å². The summed E-state index contributed by atoms with van der Waals surface area (Å²) in [5, 5.41) is 8.68. The molecule has 1 spiro atoms. The number of aromatic nitrogens is 1. The molecular formula is C47H61F3N6O8S. The molecule has 1 aliphatic carbocycles. The first-order valence-electron chi connectivity index (χ1n) is 22.9. The van der Waals surface area contributed by atoms with E-state index < -0.39 is 23.8 Å². The zero-order valence-corrected chi connectivity index (χ0v) is 38.2. The molecule has 0 bridgehead atoms. The van der Waals surface area contributed by atoms with Gasteiger partial charge < -0.3 is 44.3 Å². The Morgan fingerprint density at radius 1 is 1.03 bits per heavy atom. The van der Waals surface area contributed by atoms with E-state index in [4.69, 9.17) is 14.2 Å². The van der Waals surface area contributed by atoms with Gasteiger partial charge in [-0.15, -0.1) is 11.3 Å². The maximum atomic E-state index is 13.5. The van der Waals surface area contributed by atoms with Crippen molar-refractivity contribution < 1.29 is 51.3 Å². The van der Waals surface area contributed by atoms with E-state index in [1.165, 1.54) is 23.3 Å². The summed E-state index contributed by atoms with van der Waals surface area (Å²) < 4.78 is 60.9. The maximum Gasteiger partial charge on any atom is 0.491 e. The first-order valence-corrected chi connectivity index (χ1v) is 23.8. The molecule has 1 aromatic heterocycles. The average molecular weight is 927 g/mol. The van der Waals surface area contributed by atoms with E-state index in [-0.39, 0.29) is 41.5 Å². The van der Waals surface area contributed by atoms with E-state index in [2.05, 4.69) is 63.4 Å². The number of anilines is 1. The molecule has 14 nitrogen and oxygen atoms in total. The average Bonchev–Trinajstić information content (AvgIpc) is 4.02. The highest BCUT2D eigenvalue weighted by Gasteiger charge is 2.43. The smallest absolute Gasteiger partial charge is 0.481 e. The zero-order valence-electron chi connectivity index (χ0n) is 37.3. The van der Waals surface area contributed by atoms with Gasteiger partial charge in [0.2, 0.25) is 5.91 Å². The third kappa shape index (κ3) is 13.1. The molecule has 354 valence electrons. The lowest BCUT2D eigenvalue weighted by atomic mass is 9.89. The number of fused-ring (bicyclic) bond motifs is 1. The Bertz CT molecular complexity index is 2120. The van der Waals surface area contributed by atoms with Crippen LogP contribution in [0, 0.1) is 0 Å². The third-order valence-electron chi connectivity index (χ3n) is 12.7. The normalized spacial score (nSPS) is 17.8. The van der Waals surface area contributed by atoms with E-state index in [0.29, 0.717) is 82.6 Å². The van der Waals surface area contributed by atoms with Crippen LogP contribution in [0.4, 0.5) is 18.9 Å². The molecule has 4 aliphatic rings. The van der Waals surface area contributed by atoms with E-state index in [0.717, 1.165) is 76.0 Å². The second-order valence-electron chi connectivity index (χ2n) is 17.7. The number of hydrogen-bond donors (Lipinski definition) is 2. The summed E-state index contributed by atoms with van der Waals surface area (Å²) in [7, 11) is 0. The number of nitrogens with one attached hydrogen (secondary N) is 2. The summed E-state index contributed by atoms with van der Waals surface area (Å²) in [5.41, 5.74) is 3.22. The lowest BCUT2D eigenvalue weighted by Gasteiger charge is -2.47. The van der Waals surface area contributed by atoms with Gasteiger partial charge in [-0.05, 0) is 74.2 Å². The fourth-order valence-corrected chi connectivity index (χ4v) is 9.87. The number of ether oxygens (including phenoxy) is 4. The van der Waals surface area contributed by atoms with Gasteiger partial charge in [0.25, 0.3) is 11.8 Å². The Morgan fingerprint density at radius 3 is 2.54 bits per heavy atom. The van der Waals surface area contributed by atoms with Crippen molar-refractivity contribution in [1.82, 2.24) is 25.0 Å². The summed E-state index contributed by atoms with van der Waals surface area (Å²) >= 11 is 1.55. The summed E-state index contributed by atoms with van der Waals surface area (Å²) in [5.74, 6) is -2.90. The number of esters is 1. The van der Waals surface area contributed by atoms with Crippen LogP contribution < -0.4 is 20.1 Å². The zero-order chi connectivity index (χ0) is 46.0. The van der Waals surface area contributed by atoms with Crippen molar-refractivity contribution in [3.8, 4) is 11.5 Å². The van der Waals surface area contributed by atoms with Crippen LogP contribution in [-0.2, 0) is 43.1 Å². The molecule has 18 heteroatoms. The molecule has 3 fully saturated rings. The number of rotatable bonds is 19. The Labute approximate surface area is 382 Å². The van der Waals surface area contributed by atoms with Crippen LogP contribution in [0.1, 0.15) is 96.9 Å². The first kappa shape index (κ1) is 48.3. The Hall–Kier alpha value is -4.62. The van der Waals surface area contributed by atoms with Crippen molar-refractivity contribution in [2.24, 2.45) is 0 Å². The van der Waals surface area contributed by atoms with Crippen molar-refractivity contribution in [3.63, 3.8) is 0 Å². The Morgan fingerprint density at radius 2 is 1.80 bits per heavy atom. The van der Waals surface area contributed by atoms with Crippen LogP contribution in [-0.4, -0.2) is 140 Å². The fraction of sp³-hybridized carbons (Fsp3) is 0.596. The van der Waals surface area contributed by atoms with Crippen LogP contribution in [0.15, 0.2) is 41.8 Å². The number of alkyl halides is 3. The van der Waals surface area contributed by atoms with Gasteiger partial charge in [0.05, 0.1) is 43.4 Å². The lowest BCUT2D eigenvalue weighted by Crippen LogP contribution is -2.58. The highest BCUT2D eigenvalue weighted by Crippen LogP contribution is 2.41. The number of carbonyl (C=O) groups is 4. The van der Waals surface area contributed by atoms with Crippen molar-refractivity contribution in [3.05, 3.63) is 69.2 Å². The summed E-state index contributed by atoms with van der Waals surface area (Å²) in [6, 6.07) is 11.5. The van der Waals surface area contributed by atoms with Gasteiger partial charge >= 0.3 is 12.1 Å². The number of halogens is 3. The molecule has 2 N–H and O–H groups in total. The topological polar surface area (TPSA) is 152 Å². The molecule has 65 heavy (non-hydrogen) atoms. The second kappa shape index (κ2) is 22.2. The van der Waals surface area contributed by atoms with E-state index >= 15 is 0 Å². The summed E-state index contributed by atoms with van der Waals surface area (Å²) in [4.78, 5) is 61.2. The number of nitrogens with zero attached hydrogens (tertiary/aromatic N) is 4. The largest absolute Gasteiger partial charge is 0.491 e. The van der Waals surface area contributed by atoms with Crippen LogP contribution in [0.3, 0.4) is 0 Å². The van der Waals surface area contributed by atoms with Crippen LogP contribution >= 0.6 is 11.3 Å². The highest BCUT2D eigenvalue weighted by atomic mass is 32.1. The molecule has 3 amide bonds. The van der Waals surface area contributed by atoms with E-state index in [1.54, 1.807) is 11.3 Å². The minimum absolute atomic E-state index is 0.00511. The molecular weight excluding hydrogens is 866 g/mol. The van der Waals surface area contributed by atoms with Gasteiger partial charge in [0.1, 0.15) is 11.4 Å². The number of hydrogen-bond acceptors (Lipinski definition) is 12. The molecule has 3 aliphatic heterocycles. The fourth-order valence-electron chi connectivity index (χ4n) is 9.06. The second-order valence-corrected chi connectivity index (χ2v) is 18.6. The van der Waals surface area contributed by atoms with Crippen molar-refractivity contribution in [2.75, 3.05) is 84.1 Å². The molecule has 1 saturated carbocycles. The van der Waals surface area contributed by atoms with Crippen molar-refractivity contribution in [1.29, 1.82) is 0 Å². The minimum Gasteiger partial charge on any atom is -0.481 e. The number of likely N-dealkylation sites (tertiary alicyclic amines) is 1. The minimum atomic E-state index is -5.20. The van der Waals surface area contributed by atoms with E-state index in [9.17, 15) is 32.3 Å². The number of carbonyl (C=O) groups excluding carboxylic acids is 4. The number of benzene rings is 2. The van der Waals surface area contributed by atoms with Crippen molar-refractivity contribution >= 4 is 40.7 Å². The monoisotopic (exact) mass is 926 g/mol. The van der Waals surface area contributed by atoms with Gasteiger partial charge in [-0.2, -0.15) is 13.2 Å². The standard InChI is InChI=1S/C47H61F3N6O8S/c1-32(2)43-52-37(30-65-43)44(59)55-24-27-63-46(31-55)16-21-54(22-17-46)20-13-33-6-5-7-34(28-33)14-25-61-26-15-40(58)56(36-8-3-4-9-36)23-19-51-18-12-35-10-11-38(64-45(60)47(48,49)50)41-42(35)62-29-39(57)53-41/h5-7,10-11,28,30,32,36,51H,3-4,8-9,12-27,29,31H2,1-2H3,(H,53,57). The first-order chi connectivity index (χ1) is 31.3. The molecule has 2 aromatic carbocycles. The molecule has 0 unspecified atom stereocenters. The predicted molar refractivity (Wildman–Crippen MR) is 239 cm³/mol. The highest BCUT2D eigenvalue weighted by molar-refractivity contribution is 7.09. The number of morpholine rings is 1. The predicted octanol–water partition coefficient (Wildman–Crippen LogP) is 6.17. The summed E-state index contributed by atoms with van der Waals surface area (Å²) in [6.07, 6.45) is 3.06. The van der Waals surface area contributed by atoms with Crippen LogP contribution in [0.2, 0.25) is 0 Å². The van der Waals surface area contributed by atoms with Gasteiger partial charge in [-0.1, -0.05) is 57.0 Å². The lowest BCUT2D eigenvalue weighted by molar-refractivity contribution is -0.189. The van der Waals surface area contributed by atoms with Gasteiger partial charge in [-0.3, -0.25) is 14.4 Å². The molecule has 0 atom stereocenters. The van der Waals surface area contributed by atoms with Gasteiger partial charge in [0.15, 0.2) is 18.1 Å². The van der Waals surface area contributed by atoms with Gasteiger partial charge in [0, 0.05) is 56.6 Å². The molecule has 3 aromatic rings. The quantitative estimate of drug-likeness (QED) is 0.0808. The molecule has 7 rings (SSSR count). The number of thiazole rings is 1. The SMILES string of the molecule is CC(C)c1nc(C(=O)N2CCOC3(CCN(CCc4cccc(CCOCCC(=O)N(CCNCCc5ccc(OC(=O)C(F)(F)F)c6c5OCC(=O)N6)C5CCCC5)c4)CC3)C2)cs1. The summed E-state index contributed by atoms with van der Waals surface area (Å²) in [6.45, 7) is 10.8. The van der Waals surface area contributed by atoms with Gasteiger partial charge in [-0.25, -0.2) is 9.78 Å². The third-order valence-corrected chi connectivity index (χ3v) is 13.8. The van der Waals surface area contributed by atoms with Crippen LogP contribution in [0.25, 0.3) is 0 Å².